The number of hydrogen-bond acceptors (Lipinski definition) is 5. The van der Waals surface area contributed by atoms with Gasteiger partial charge < -0.3 is 10.1 Å². The third-order valence-electron chi connectivity index (χ3n) is 5.63. The minimum absolute atomic E-state index is 0.113. The Balaban J connectivity index is 1.49. The first kappa shape index (κ1) is 21.5. The molecule has 2 aromatic carbocycles. The van der Waals surface area contributed by atoms with Gasteiger partial charge in [-0.3, -0.25) is 9.69 Å². The number of aryl methyl sites for hydroxylation is 1. The number of methoxy groups -OCH3 is 1. The predicted molar refractivity (Wildman–Crippen MR) is 121 cm³/mol. The first-order valence-electron chi connectivity index (χ1n) is 10.4. The Hall–Kier alpha value is -2.77. The molecule has 0 saturated carbocycles. The van der Waals surface area contributed by atoms with E-state index in [1.165, 1.54) is 36.3 Å². The fourth-order valence-electron chi connectivity index (χ4n) is 3.93. The average molecular weight is 440 g/mol. The lowest BCUT2D eigenvalue weighted by Gasteiger charge is -2.28. The van der Waals surface area contributed by atoms with Gasteiger partial charge in [-0.15, -0.1) is 11.3 Å². The van der Waals surface area contributed by atoms with E-state index in [0.717, 1.165) is 30.0 Å². The highest BCUT2D eigenvalue weighted by Gasteiger charge is 2.25. The van der Waals surface area contributed by atoms with E-state index in [0.29, 0.717) is 22.1 Å². The van der Waals surface area contributed by atoms with Crippen LogP contribution in [-0.2, 0) is 0 Å². The van der Waals surface area contributed by atoms with Gasteiger partial charge in [0.05, 0.1) is 18.8 Å². The maximum absolute atomic E-state index is 13.2. The summed E-state index contributed by atoms with van der Waals surface area (Å²) in [5.41, 5.74) is 2.65. The number of halogens is 1. The molecular formula is C24H26FN3O2S. The summed E-state index contributed by atoms with van der Waals surface area (Å²) in [5, 5.41) is 3.83. The predicted octanol–water partition coefficient (Wildman–Crippen LogP) is 4.83. The Morgan fingerprint density at radius 3 is 2.48 bits per heavy atom. The monoisotopic (exact) mass is 439 g/mol. The number of thiazole rings is 1. The van der Waals surface area contributed by atoms with Gasteiger partial charge in [0, 0.05) is 12.1 Å². The highest BCUT2D eigenvalue weighted by atomic mass is 32.1. The molecule has 162 valence electrons. The van der Waals surface area contributed by atoms with E-state index in [4.69, 9.17) is 4.74 Å². The fraction of sp³-hybridized carbons (Fsp3) is 0.333. The second kappa shape index (κ2) is 9.58. The number of nitrogens with zero attached hydrogens (tertiary/aromatic N) is 2. The number of nitrogens with one attached hydrogen (secondary N) is 1. The number of rotatable bonds is 7. The number of hydrogen-bond donors (Lipinski definition) is 1. The van der Waals surface area contributed by atoms with Crippen LogP contribution in [0.3, 0.4) is 0 Å². The largest absolute Gasteiger partial charge is 0.497 e. The molecule has 1 N–H and O–H groups in total. The molecule has 1 fully saturated rings. The number of carbonyl (C=O) groups is 1. The first-order chi connectivity index (χ1) is 15.0. The zero-order valence-electron chi connectivity index (χ0n) is 17.7. The van der Waals surface area contributed by atoms with Crippen molar-refractivity contribution in [3.8, 4) is 16.3 Å². The molecule has 1 aromatic heterocycles. The van der Waals surface area contributed by atoms with Crippen LogP contribution in [-0.4, -0.2) is 42.5 Å². The molecule has 0 spiro atoms. The normalized spacial score (nSPS) is 15.1. The van der Waals surface area contributed by atoms with E-state index in [1.807, 2.05) is 19.1 Å². The number of likely N-dealkylation sites (tertiary alicyclic amines) is 1. The number of amides is 1. The Bertz CT molecular complexity index is 1030. The molecule has 1 aliphatic rings. The van der Waals surface area contributed by atoms with Gasteiger partial charge in [-0.2, -0.15) is 0 Å². The summed E-state index contributed by atoms with van der Waals surface area (Å²) >= 11 is 1.34. The van der Waals surface area contributed by atoms with Gasteiger partial charge in [-0.1, -0.05) is 12.1 Å². The number of benzene rings is 2. The summed E-state index contributed by atoms with van der Waals surface area (Å²) < 4.78 is 18.5. The molecule has 1 amide bonds. The van der Waals surface area contributed by atoms with E-state index < -0.39 is 0 Å². The molecule has 0 bridgehead atoms. The topological polar surface area (TPSA) is 54.5 Å². The average Bonchev–Trinajstić information content (AvgIpc) is 3.45. The van der Waals surface area contributed by atoms with E-state index in [1.54, 1.807) is 19.2 Å². The van der Waals surface area contributed by atoms with Crippen LogP contribution in [0, 0.1) is 12.7 Å². The second-order valence-corrected chi connectivity index (χ2v) is 8.68. The van der Waals surface area contributed by atoms with Crippen molar-refractivity contribution in [3.05, 3.63) is 70.5 Å². The van der Waals surface area contributed by atoms with Crippen molar-refractivity contribution < 1.29 is 13.9 Å². The van der Waals surface area contributed by atoms with Crippen molar-refractivity contribution in [3.63, 3.8) is 0 Å². The number of aromatic nitrogens is 1. The van der Waals surface area contributed by atoms with E-state index in [9.17, 15) is 9.18 Å². The molecule has 2 heterocycles. The zero-order chi connectivity index (χ0) is 21.8. The number of ether oxygens (including phenoxy) is 1. The van der Waals surface area contributed by atoms with E-state index in [-0.39, 0.29) is 17.8 Å². The van der Waals surface area contributed by atoms with Crippen LogP contribution in [0.2, 0.25) is 0 Å². The van der Waals surface area contributed by atoms with Crippen LogP contribution in [0.4, 0.5) is 4.39 Å². The lowest BCUT2D eigenvalue weighted by molar-refractivity contribution is 0.0941. The van der Waals surface area contributed by atoms with Crippen molar-refractivity contribution >= 4 is 17.2 Å². The van der Waals surface area contributed by atoms with Gasteiger partial charge in [0.1, 0.15) is 21.5 Å². The Kier molecular flexibility index (Phi) is 6.63. The Labute approximate surface area is 185 Å². The highest BCUT2D eigenvalue weighted by Crippen LogP contribution is 2.29. The van der Waals surface area contributed by atoms with Gasteiger partial charge in [-0.25, -0.2) is 9.37 Å². The summed E-state index contributed by atoms with van der Waals surface area (Å²) in [5.74, 6) is 0.407. The molecule has 0 radical (unpaired) electrons. The smallest absolute Gasteiger partial charge is 0.263 e. The van der Waals surface area contributed by atoms with Crippen LogP contribution in [0.25, 0.3) is 10.6 Å². The second-order valence-electron chi connectivity index (χ2n) is 7.68. The van der Waals surface area contributed by atoms with Crippen molar-refractivity contribution in [2.45, 2.75) is 25.8 Å². The molecule has 1 aliphatic heterocycles. The minimum atomic E-state index is -0.290. The van der Waals surface area contributed by atoms with Crippen molar-refractivity contribution in [1.82, 2.24) is 15.2 Å². The van der Waals surface area contributed by atoms with Crippen molar-refractivity contribution in [2.24, 2.45) is 0 Å². The Morgan fingerprint density at radius 1 is 1.16 bits per heavy atom. The van der Waals surface area contributed by atoms with Crippen LogP contribution in [0.5, 0.6) is 5.75 Å². The quantitative estimate of drug-likeness (QED) is 0.573. The molecule has 31 heavy (non-hydrogen) atoms. The maximum atomic E-state index is 13.2. The maximum Gasteiger partial charge on any atom is 0.263 e. The molecule has 7 heteroatoms. The molecule has 4 rings (SSSR count). The molecule has 0 aliphatic carbocycles. The van der Waals surface area contributed by atoms with Crippen LogP contribution < -0.4 is 10.1 Å². The standard InChI is InChI=1S/C24H26FN3O2S/c1-16-22(31-24(27-16)18-5-9-19(25)10-6-18)23(29)26-15-21(28-13-3-4-14-28)17-7-11-20(30-2)12-8-17/h5-12,21H,3-4,13-15H2,1-2H3,(H,26,29). The van der Waals surface area contributed by atoms with E-state index in [2.05, 4.69) is 27.3 Å². The first-order valence-corrected chi connectivity index (χ1v) is 11.3. The third-order valence-corrected chi connectivity index (χ3v) is 6.84. The molecular weight excluding hydrogens is 413 g/mol. The summed E-state index contributed by atoms with van der Waals surface area (Å²) in [6, 6.07) is 14.3. The number of carbonyl (C=O) groups excluding carboxylic acids is 1. The van der Waals surface area contributed by atoms with Gasteiger partial charge in [0.2, 0.25) is 0 Å². The molecule has 1 atom stereocenters. The van der Waals surface area contributed by atoms with Gasteiger partial charge in [-0.05, 0) is 74.8 Å². The summed E-state index contributed by atoms with van der Waals surface area (Å²) in [7, 11) is 1.66. The summed E-state index contributed by atoms with van der Waals surface area (Å²) in [6.45, 7) is 4.41. The van der Waals surface area contributed by atoms with E-state index >= 15 is 0 Å². The lowest BCUT2D eigenvalue weighted by Crippen LogP contribution is -2.36. The molecule has 1 unspecified atom stereocenters. The zero-order valence-corrected chi connectivity index (χ0v) is 18.5. The van der Waals surface area contributed by atoms with Crippen LogP contribution >= 0.6 is 11.3 Å². The van der Waals surface area contributed by atoms with Crippen LogP contribution in [0.15, 0.2) is 48.5 Å². The molecule has 3 aromatic rings. The molecule has 1 saturated heterocycles. The minimum Gasteiger partial charge on any atom is -0.497 e. The van der Waals surface area contributed by atoms with Crippen LogP contribution in [0.1, 0.15) is 39.8 Å². The highest BCUT2D eigenvalue weighted by molar-refractivity contribution is 7.17. The summed E-state index contributed by atoms with van der Waals surface area (Å²) in [4.78, 5) is 20.5. The third kappa shape index (κ3) is 4.94. The summed E-state index contributed by atoms with van der Waals surface area (Å²) in [6.07, 6.45) is 2.35. The van der Waals surface area contributed by atoms with Crippen molar-refractivity contribution in [1.29, 1.82) is 0 Å². The fourth-order valence-corrected chi connectivity index (χ4v) is 4.92. The van der Waals surface area contributed by atoms with Gasteiger partial charge in [0.15, 0.2) is 0 Å². The lowest BCUT2D eigenvalue weighted by atomic mass is 10.1. The molecule has 5 nitrogen and oxygen atoms in total. The SMILES string of the molecule is COc1ccc(C(CNC(=O)c2sc(-c3ccc(F)cc3)nc2C)N2CCCC2)cc1. The van der Waals surface area contributed by atoms with Gasteiger partial charge in [0.25, 0.3) is 5.91 Å². The van der Waals surface area contributed by atoms with Crippen molar-refractivity contribution in [2.75, 3.05) is 26.7 Å². The van der Waals surface area contributed by atoms with Gasteiger partial charge >= 0.3 is 0 Å². The Morgan fingerprint density at radius 2 is 1.84 bits per heavy atom.